The van der Waals surface area contributed by atoms with Crippen LogP contribution in [-0.2, 0) is 27.9 Å². The molecule has 0 aliphatic rings. The molecule has 6 heteroatoms. The van der Waals surface area contributed by atoms with E-state index in [-0.39, 0.29) is 18.4 Å². The molecule has 0 spiro atoms. The van der Waals surface area contributed by atoms with Gasteiger partial charge in [-0.25, -0.2) is 0 Å². The first-order valence-electron chi connectivity index (χ1n) is 11.7. The Morgan fingerprint density at radius 1 is 0.933 bits per heavy atom. The van der Waals surface area contributed by atoms with Crippen molar-refractivity contribution in [3.05, 3.63) is 24.0 Å². The number of hydrogen-bond donors (Lipinski definition) is 0. The quantitative estimate of drug-likeness (QED) is 0.351. The lowest BCUT2D eigenvalue weighted by Crippen LogP contribution is -2.44. The second-order valence-electron chi connectivity index (χ2n) is 8.11. The smallest absolute Gasteiger partial charge is 0.242 e. The van der Waals surface area contributed by atoms with Gasteiger partial charge in [-0.3, -0.25) is 9.59 Å². The number of unbranched alkanes of at least 4 members (excludes halogenated alkanes) is 6. The fourth-order valence-electron chi connectivity index (χ4n) is 3.47. The number of amides is 2. The van der Waals surface area contributed by atoms with Crippen LogP contribution in [0.3, 0.4) is 0 Å². The lowest BCUT2D eigenvalue weighted by Gasteiger charge is -2.28. The summed E-state index contributed by atoms with van der Waals surface area (Å²) in [5.41, 5.74) is 1.10. The van der Waals surface area contributed by atoms with Crippen molar-refractivity contribution in [1.29, 1.82) is 0 Å². The third-order valence-corrected chi connectivity index (χ3v) is 5.53. The molecule has 6 nitrogen and oxygen atoms in total. The van der Waals surface area contributed by atoms with Gasteiger partial charge in [-0.05, 0) is 25.0 Å². The van der Waals surface area contributed by atoms with E-state index in [2.05, 4.69) is 13.8 Å². The summed E-state index contributed by atoms with van der Waals surface area (Å²) in [7, 11) is 3.62. The Morgan fingerprint density at radius 3 is 2.27 bits per heavy atom. The lowest BCUT2D eigenvalue weighted by atomic mass is 10.1. The highest BCUT2D eigenvalue weighted by Crippen LogP contribution is 2.11. The summed E-state index contributed by atoms with van der Waals surface area (Å²) in [5, 5.41) is 0. The molecule has 0 N–H and O–H groups in total. The van der Waals surface area contributed by atoms with Crippen molar-refractivity contribution in [3.8, 4) is 0 Å². The van der Waals surface area contributed by atoms with E-state index in [1.807, 2.05) is 34.8 Å². The molecule has 1 aromatic heterocycles. The van der Waals surface area contributed by atoms with Crippen molar-refractivity contribution in [2.45, 2.75) is 78.2 Å². The molecule has 0 radical (unpaired) electrons. The summed E-state index contributed by atoms with van der Waals surface area (Å²) in [4.78, 5) is 29.4. The molecule has 0 bridgehead atoms. The van der Waals surface area contributed by atoms with Gasteiger partial charge in [-0.1, -0.05) is 52.4 Å². The van der Waals surface area contributed by atoms with Gasteiger partial charge in [0, 0.05) is 45.6 Å². The molecule has 0 atom stereocenters. The largest absolute Gasteiger partial charge is 0.383 e. The zero-order chi connectivity index (χ0) is 22.2. The van der Waals surface area contributed by atoms with Gasteiger partial charge in [0.25, 0.3) is 0 Å². The Morgan fingerprint density at radius 2 is 1.63 bits per heavy atom. The zero-order valence-electron chi connectivity index (χ0n) is 19.7. The Kier molecular flexibility index (Phi) is 13.9. The third-order valence-electron chi connectivity index (χ3n) is 5.53. The first kappa shape index (κ1) is 26.2. The van der Waals surface area contributed by atoms with Crippen LogP contribution in [0.1, 0.15) is 77.3 Å². The van der Waals surface area contributed by atoms with Crippen molar-refractivity contribution >= 4 is 11.8 Å². The fourth-order valence-corrected chi connectivity index (χ4v) is 3.47. The maximum absolute atomic E-state index is 13.1. The van der Waals surface area contributed by atoms with Crippen LogP contribution in [0.25, 0.3) is 0 Å². The molecule has 0 aliphatic heterocycles. The number of nitrogens with zero attached hydrogens (tertiary/aromatic N) is 3. The van der Waals surface area contributed by atoms with Gasteiger partial charge in [0.2, 0.25) is 11.8 Å². The molecule has 0 fully saturated rings. The van der Waals surface area contributed by atoms with E-state index in [4.69, 9.17) is 4.74 Å². The van der Waals surface area contributed by atoms with Gasteiger partial charge < -0.3 is 19.1 Å². The van der Waals surface area contributed by atoms with Crippen LogP contribution in [0.2, 0.25) is 0 Å². The molecule has 2 amide bonds. The van der Waals surface area contributed by atoms with E-state index >= 15 is 0 Å². The first-order chi connectivity index (χ1) is 14.5. The Bertz CT molecular complexity index is 600. The molecular weight excluding hydrogens is 378 g/mol. The minimum Gasteiger partial charge on any atom is -0.383 e. The van der Waals surface area contributed by atoms with Crippen LogP contribution < -0.4 is 0 Å². The number of hydrogen-bond acceptors (Lipinski definition) is 3. The molecule has 1 heterocycles. The van der Waals surface area contributed by atoms with Crippen molar-refractivity contribution in [2.75, 3.05) is 33.4 Å². The zero-order valence-corrected chi connectivity index (χ0v) is 19.7. The normalized spacial score (nSPS) is 10.9. The van der Waals surface area contributed by atoms with Gasteiger partial charge in [-0.15, -0.1) is 0 Å². The minimum absolute atomic E-state index is 0.0112. The average molecular weight is 422 g/mol. The maximum atomic E-state index is 13.1. The minimum atomic E-state index is 0.0112. The van der Waals surface area contributed by atoms with Crippen LogP contribution in [0.4, 0.5) is 0 Å². The van der Waals surface area contributed by atoms with E-state index in [9.17, 15) is 9.59 Å². The lowest BCUT2D eigenvalue weighted by molar-refractivity contribution is -0.141. The first-order valence-corrected chi connectivity index (χ1v) is 11.7. The molecule has 0 saturated heterocycles. The van der Waals surface area contributed by atoms with E-state index < -0.39 is 0 Å². The second-order valence-corrected chi connectivity index (χ2v) is 8.11. The molecule has 0 aromatic carbocycles. The molecule has 0 aliphatic carbocycles. The Hall–Kier alpha value is -1.82. The van der Waals surface area contributed by atoms with Crippen LogP contribution >= 0.6 is 0 Å². The summed E-state index contributed by atoms with van der Waals surface area (Å²) in [5.74, 6) is 0.0715. The number of methoxy groups -OCH3 is 1. The number of carbonyl (C=O) groups excluding carboxylic acids is 2. The molecule has 0 saturated carbocycles. The Labute approximate surface area is 183 Å². The predicted molar refractivity (Wildman–Crippen MR) is 122 cm³/mol. The number of carbonyl (C=O) groups is 2. The number of aromatic nitrogens is 1. The topological polar surface area (TPSA) is 54.8 Å². The Balaban J connectivity index is 2.65. The SMILES string of the molecule is CCCCCCCCC(=O)N(CCOC)CC(=O)N(CCCC)Cc1cccn1C. The maximum Gasteiger partial charge on any atom is 0.242 e. The van der Waals surface area contributed by atoms with Crippen LogP contribution in [0.5, 0.6) is 0 Å². The fraction of sp³-hybridized carbons (Fsp3) is 0.750. The van der Waals surface area contributed by atoms with Gasteiger partial charge in [-0.2, -0.15) is 0 Å². The van der Waals surface area contributed by atoms with Gasteiger partial charge >= 0.3 is 0 Å². The van der Waals surface area contributed by atoms with Crippen LogP contribution in [-0.4, -0.2) is 59.5 Å². The second kappa shape index (κ2) is 15.9. The molecule has 172 valence electrons. The highest BCUT2D eigenvalue weighted by atomic mass is 16.5. The summed E-state index contributed by atoms with van der Waals surface area (Å²) < 4.78 is 7.22. The van der Waals surface area contributed by atoms with E-state index in [0.717, 1.165) is 31.4 Å². The summed E-state index contributed by atoms with van der Waals surface area (Å²) in [6.45, 7) is 6.66. The van der Waals surface area contributed by atoms with Crippen molar-refractivity contribution in [2.24, 2.45) is 7.05 Å². The molecular formula is C24H43N3O3. The number of ether oxygens (including phenoxy) is 1. The molecule has 1 rings (SSSR count). The third kappa shape index (κ3) is 10.3. The van der Waals surface area contributed by atoms with Gasteiger partial charge in [0.05, 0.1) is 19.7 Å². The van der Waals surface area contributed by atoms with E-state index in [1.165, 1.54) is 25.7 Å². The number of aryl methyl sites for hydroxylation is 1. The van der Waals surface area contributed by atoms with Crippen LogP contribution in [0, 0.1) is 0 Å². The van der Waals surface area contributed by atoms with Crippen molar-refractivity contribution < 1.29 is 14.3 Å². The van der Waals surface area contributed by atoms with E-state index in [0.29, 0.717) is 32.7 Å². The predicted octanol–water partition coefficient (Wildman–Crippen LogP) is 4.38. The molecule has 1 aromatic rings. The van der Waals surface area contributed by atoms with E-state index in [1.54, 1.807) is 12.0 Å². The van der Waals surface area contributed by atoms with Crippen molar-refractivity contribution in [3.63, 3.8) is 0 Å². The summed E-state index contributed by atoms with van der Waals surface area (Å²) >= 11 is 0. The summed E-state index contributed by atoms with van der Waals surface area (Å²) in [6, 6.07) is 4.03. The van der Waals surface area contributed by atoms with Gasteiger partial charge in [0.15, 0.2) is 0 Å². The highest BCUT2D eigenvalue weighted by molar-refractivity contribution is 5.84. The van der Waals surface area contributed by atoms with Crippen molar-refractivity contribution in [1.82, 2.24) is 14.4 Å². The van der Waals surface area contributed by atoms with Gasteiger partial charge in [0.1, 0.15) is 0 Å². The number of rotatable bonds is 17. The highest BCUT2D eigenvalue weighted by Gasteiger charge is 2.21. The standard InChI is InChI=1S/C24H43N3O3/c1-5-7-9-10-11-12-15-23(28)27(18-19-30-4)21-24(29)26(17-8-6-2)20-22-14-13-16-25(22)3/h13-14,16H,5-12,15,17-21H2,1-4H3. The summed E-state index contributed by atoms with van der Waals surface area (Å²) in [6.07, 6.45) is 11.4. The molecule has 30 heavy (non-hydrogen) atoms. The monoisotopic (exact) mass is 421 g/mol. The molecule has 0 unspecified atom stereocenters. The average Bonchev–Trinajstić information content (AvgIpc) is 3.14. The van der Waals surface area contributed by atoms with Crippen LogP contribution in [0.15, 0.2) is 18.3 Å².